The molecule has 3 rings (SSSR count). The number of aliphatic carboxylic acids is 1. The van der Waals surface area contributed by atoms with Crippen molar-refractivity contribution in [2.24, 2.45) is 0 Å². The first-order valence-electron chi connectivity index (χ1n) is 9.42. The summed E-state index contributed by atoms with van der Waals surface area (Å²) < 4.78 is 6.85. The van der Waals surface area contributed by atoms with Crippen LogP contribution in [0.3, 0.4) is 0 Å². The molecule has 0 unspecified atom stereocenters. The Morgan fingerprint density at radius 3 is 2.64 bits per heavy atom. The van der Waals surface area contributed by atoms with E-state index in [1.165, 1.54) is 4.68 Å². The van der Waals surface area contributed by atoms with Gasteiger partial charge in [0.15, 0.2) is 6.04 Å². The minimum absolute atomic E-state index is 0.255. The highest BCUT2D eigenvalue weighted by atomic mass is 16.6. The minimum atomic E-state index is -0.976. The van der Waals surface area contributed by atoms with E-state index >= 15 is 0 Å². The molecule has 150 valence electrons. The molecule has 8 heteroatoms. The maximum atomic E-state index is 12.5. The van der Waals surface area contributed by atoms with Gasteiger partial charge in [-0.3, -0.25) is 4.90 Å². The van der Waals surface area contributed by atoms with E-state index in [9.17, 15) is 14.7 Å². The van der Waals surface area contributed by atoms with Crippen molar-refractivity contribution < 1.29 is 19.4 Å². The fourth-order valence-electron chi connectivity index (χ4n) is 3.34. The molecule has 1 aliphatic heterocycles. The fourth-order valence-corrected chi connectivity index (χ4v) is 3.34. The molecule has 1 aliphatic rings. The predicted octanol–water partition coefficient (Wildman–Crippen LogP) is 3.22. The van der Waals surface area contributed by atoms with Crippen molar-refractivity contribution in [1.82, 2.24) is 19.9 Å². The van der Waals surface area contributed by atoms with Crippen LogP contribution in [0.25, 0.3) is 0 Å². The number of rotatable bonds is 5. The van der Waals surface area contributed by atoms with Crippen LogP contribution < -0.4 is 0 Å². The molecular formula is C20H26N4O4. The van der Waals surface area contributed by atoms with Crippen molar-refractivity contribution in [1.29, 1.82) is 0 Å². The van der Waals surface area contributed by atoms with Crippen LogP contribution in [-0.4, -0.2) is 49.2 Å². The number of amides is 1. The van der Waals surface area contributed by atoms with Crippen molar-refractivity contribution >= 4 is 12.1 Å². The van der Waals surface area contributed by atoms with Crippen LogP contribution >= 0.6 is 0 Å². The monoisotopic (exact) mass is 386 g/mol. The number of nitrogens with zero attached hydrogens (tertiary/aromatic N) is 4. The summed E-state index contributed by atoms with van der Waals surface area (Å²) in [6.45, 7) is 6.06. The number of carbonyl (C=O) groups is 2. The van der Waals surface area contributed by atoms with Crippen molar-refractivity contribution in [2.75, 3.05) is 6.54 Å². The lowest BCUT2D eigenvalue weighted by molar-refractivity contribution is -0.141. The summed E-state index contributed by atoms with van der Waals surface area (Å²) in [4.78, 5) is 25.9. The Balaban J connectivity index is 1.77. The Morgan fingerprint density at radius 1 is 1.29 bits per heavy atom. The van der Waals surface area contributed by atoms with Gasteiger partial charge in [0.05, 0.1) is 12.2 Å². The van der Waals surface area contributed by atoms with E-state index in [0.29, 0.717) is 18.7 Å². The molecule has 8 nitrogen and oxygen atoms in total. The zero-order chi connectivity index (χ0) is 20.3. The normalized spacial score (nSPS) is 18.1. The smallest absolute Gasteiger partial charge is 0.410 e. The molecule has 2 heterocycles. The number of carbonyl (C=O) groups excluding carboxylic acids is 1. The van der Waals surface area contributed by atoms with Crippen LogP contribution in [0.15, 0.2) is 36.5 Å². The maximum absolute atomic E-state index is 12.5. The second-order valence-electron chi connectivity index (χ2n) is 8.00. The molecule has 1 amide bonds. The topological polar surface area (TPSA) is 97.5 Å². The molecule has 0 saturated carbocycles. The number of aromatic nitrogens is 3. The number of hydrogen-bond acceptors (Lipinski definition) is 5. The van der Waals surface area contributed by atoms with Crippen LogP contribution in [0.2, 0.25) is 0 Å². The zero-order valence-electron chi connectivity index (χ0n) is 16.4. The van der Waals surface area contributed by atoms with Crippen molar-refractivity contribution in [3.05, 3.63) is 47.8 Å². The van der Waals surface area contributed by atoms with E-state index in [-0.39, 0.29) is 12.1 Å². The molecule has 2 atom stereocenters. The van der Waals surface area contributed by atoms with Crippen molar-refractivity contribution in [3.63, 3.8) is 0 Å². The lowest BCUT2D eigenvalue weighted by Gasteiger charge is -2.27. The third-order valence-electron chi connectivity index (χ3n) is 4.63. The molecule has 1 saturated heterocycles. The zero-order valence-corrected chi connectivity index (χ0v) is 16.4. The van der Waals surface area contributed by atoms with Gasteiger partial charge in [-0.05, 0) is 39.2 Å². The van der Waals surface area contributed by atoms with Crippen LogP contribution in [0.5, 0.6) is 0 Å². The summed E-state index contributed by atoms with van der Waals surface area (Å²) in [6.07, 6.45) is 3.13. The number of benzene rings is 1. The lowest BCUT2D eigenvalue weighted by atomic mass is 10.1. The summed E-state index contributed by atoms with van der Waals surface area (Å²) in [7, 11) is 0. The molecule has 0 spiro atoms. The van der Waals surface area contributed by atoms with E-state index in [1.54, 1.807) is 11.1 Å². The Morgan fingerprint density at radius 2 is 2.00 bits per heavy atom. The number of ether oxygens (including phenoxy) is 1. The highest BCUT2D eigenvalue weighted by molar-refractivity contribution is 5.72. The first-order valence-corrected chi connectivity index (χ1v) is 9.42. The van der Waals surface area contributed by atoms with Gasteiger partial charge in [0, 0.05) is 13.0 Å². The second kappa shape index (κ2) is 8.00. The van der Waals surface area contributed by atoms with E-state index in [2.05, 4.69) is 10.3 Å². The molecule has 2 aromatic rings. The maximum Gasteiger partial charge on any atom is 0.410 e. The van der Waals surface area contributed by atoms with Crippen LogP contribution in [0.1, 0.15) is 57.0 Å². The summed E-state index contributed by atoms with van der Waals surface area (Å²) in [5, 5.41) is 17.9. The van der Waals surface area contributed by atoms with Gasteiger partial charge in [0.2, 0.25) is 0 Å². The van der Waals surface area contributed by atoms with E-state index in [4.69, 9.17) is 4.74 Å². The first-order chi connectivity index (χ1) is 13.2. The summed E-state index contributed by atoms with van der Waals surface area (Å²) >= 11 is 0. The van der Waals surface area contributed by atoms with Gasteiger partial charge in [-0.15, -0.1) is 5.10 Å². The first kappa shape index (κ1) is 19.9. The van der Waals surface area contributed by atoms with E-state index < -0.39 is 17.6 Å². The van der Waals surface area contributed by atoms with Gasteiger partial charge in [0.25, 0.3) is 0 Å². The lowest BCUT2D eigenvalue weighted by Crippen LogP contribution is -2.36. The fraction of sp³-hybridized carbons (Fsp3) is 0.500. The molecule has 1 aromatic carbocycles. The van der Waals surface area contributed by atoms with Crippen molar-refractivity contribution in [2.45, 2.75) is 57.7 Å². The molecule has 1 aromatic heterocycles. The third kappa shape index (κ3) is 4.68. The average Bonchev–Trinajstić information content (AvgIpc) is 3.28. The number of likely N-dealkylation sites (tertiary alicyclic amines) is 1. The average molecular weight is 386 g/mol. The summed E-state index contributed by atoms with van der Waals surface area (Å²) in [5.74, 6) is -0.976. The minimum Gasteiger partial charge on any atom is -0.480 e. The Labute approximate surface area is 164 Å². The SMILES string of the molecule is CC(C)(C)OC(=O)N1CCC[C@H]1c1cn([C@@H](Cc2ccccc2)C(=O)O)nn1. The Kier molecular flexibility index (Phi) is 5.67. The van der Waals surface area contributed by atoms with E-state index in [1.807, 2.05) is 51.1 Å². The van der Waals surface area contributed by atoms with Gasteiger partial charge in [0.1, 0.15) is 11.3 Å². The predicted molar refractivity (Wildman–Crippen MR) is 102 cm³/mol. The Hall–Kier alpha value is -2.90. The molecule has 1 N–H and O–H groups in total. The van der Waals surface area contributed by atoms with Gasteiger partial charge in [-0.1, -0.05) is 35.5 Å². The number of carboxylic acids is 1. The quantitative estimate of drug-likeness (QED) is 0.847. The van der Waals surface area contributed by atoms with Gasteiger partial charge < -0.3 is 9.84 Å². The van der Waals surface area contributed by atoms with Gasteiger partial charge >= 0.3 is 12.1 Å². The summed E-state index contributed by atoms with van der Waals surface area (Å²) in [6, 6.07) is 8.29. The standard InChI is InChI=1S/C20H26N4O4/c1-20(2,3)28-19(27)23-11-7-10-16(23)15-13-24(22-21-15)17(18(25)26)12-14-8-5-4-6-9-14/h4-6,8-9,13,16-17H,7,10-12H2,1-3H3,(H,25,26)/t16-,17-/m0/s1. The number of carboxylic acid groups (broad SMARTS) is 1. The van der Waals surface area contributed by atoms with Gasteiger partial charge in [-0.2, -0.15) is 0 Å². The van der Waals surface area contributed by atoms with Crippen LogP contribution in [-0.2, 0) is 16.0 Å². The largest absolute Gasteiger partial charge is 0.480 e. The third-order valence-corrected chi connectivity index (χ3v) is 4.63. The molecule has 0 bridgehead atoms. The number of hydrogen-bond donors (Lipinski definition) is 1. The Bertz CT molecular complexity index is 828. The van der Waals surface area contributed by atoms with E-state index in [0.717, 1.165) is 18.4 Å². The summed E-state index contributed by atoms with van der Waals surface area (Å²) in [5.41, 5.74) is 0.914. The van der Waals surface area contributed by atoms with Crippen LogP contribution in [0, 0.1) is 0 Å². The molecule has 0 aliphatic carbocycles. The molecule has 28 heavy (non-hydrogen) atoms. The molecular weight excluding hydrogens is 360 g/mol. The second-order valence-corrected chi connectivity index (χ2v) is 8.00. The highest BCUT2D eigenvalue weighted by Crippen LogP contribution is 2.32. The van der Waals surface area contributed by atoms with Crippen LogP contribution in [0.4, 0.5) is 4.79 Å². The molecule has 1 fully saturated rings. The van der Waals surface area contributed by atoms with Gasteiger partial charge in [-0.25, -0.2) is 14.3 Å². The van der Waals surface area contributed by atoms with Crippen molar-refractivity contribution in [3.8, 4) is 0 Å². The molecule has 0 radical (unpaired) electrons. The highest BCUT2D eigenvalue weighted by Gasteiger charge is 2.35.